The normalized spacial score (nSPS) is 12.1. The number of nitrogens with one attached hydrogen (secondary N) is 1. The van der Waals surface area contributed by atoms with Crippen molar-refractivity contribution in [1.29, 1.82) is 5.26 Å². The quantitative estimate of drug-likeness (QED) is 0.251. The maximum Gasteiger partial charge on any atom is 0.343 e. The molecule has 1 aliphatic rings. The highest BCUT2D eigenvalue weighted by Gasteiger charge is 2.15. The second-order valence-corrected chi connectivity index (χ2v) is 7.45. The fraction of sp³-hybridized carbons (Fsp3) is 0.0800. The Kier molecular flexibility index (Phi) is 6.58. The highest BCUT2D eigenvalue weighted by Crippen LogP contribution is 2.32. The number of benzene rings is 3. The first kappa shape index (κ1) is 21.9. The first-order valence-electron chi connectivity index (χ1n) is 9.88. The van der Waals surface area contributed by atoms with Crippen LogP contribution in [0.4, 0.5) is 0 Å². The monoisotopic (exact) mass is 460 g/mol. The third kappa shape index (κ3) is 5.50. The van der Waals surface area contributed by atoms with Gasteiger partial charge in [0, 0.05) is 11.6 Å². The van der Waals surface area contributed by atoms with Crippen LogP contribution in [0.1, 0.15) is 21.5 Å². The molecule has 0 unspecified atom stereocenters. The van der Waals surface area contributed by atoms with Crippen molar-refractivity contribution in [2.45, 2.75) is 6.54 Å². The lowest BCUT2D eigenvalue weighted by atomic mass is 10.1. The summed E-state index contributed by atoms with van der Waals surface area (Å²) in [6.45, 7) is 0.383. The Morgan fingerprint density at radius 3 is 2.64 bits per heavy atom. The predicted octanol–water partition coefficient (Wildman–Crippen LogP) is 4.51. The van der Waals surface area contributed by atoms with Crippen LogP contribution in [-0.2, 0) is 11.3 Å². The van der Waals surface area contributed by atoms with Crippen LogP contribution in [0.3, 0.4) is 0 Å². The Bertz CT molecular complexity index is 1280. The molecule has 7 nitrogen and oxygen atoms in total. The van der Waals surface area contributed by atoms with Crippen LogP contribution >= 0.6 is 11.6 Å². The van der Waals surface area contributed by atoms with Gasteiger partial charge in [0.15, 0.2) is 11.5 Å². The first-order chi connectivity index (χ1) is 16.0. The second kappa shape index (κ2) is 9.90. The molecule has 0 radical (unpaired) electrons. The molecule has 0 saturated carbocycles. The van der Waals surface area contributed by atoms with E-state index in [1.54, 1.807) is 60.7 Å². The number of carbonyl (C=O) groups excluding carboxylic acids is 2. The molecule has 164 valence electrons. The molecule has 1 aliphatic heterocycles. The van der Waals surface area contributed by atoms with E-state index in [-0.39, 0.29) is 24.7 Å². The summed E-state index contributed by atoms with van der Waals surface area (Å²) in [6, 6.07) is 20.1. The molecule has 0 aliphatic carbocycles. The van der Waals surface area contributed by atoms with Crippen molar-refractivity contribution >= 4 is 29.6 Å². The summed E-state index contributed by atoms with van der Waals surface area (Å²) in [4.78, 5) is 24.8. The third-order valence-electron chi connectivity index (χ3n) is 4.71. The van der Waals surface area contributed by atoms with E-state index in [9.17, 15) is 14.9 Å². The van der Waals surface area contributed by atoms with Crippen molar-refractivity contribution in [1.82, 2.24) is 5.32 Å². The van der Waals surface area contributed by atoms with Crippen LogP contribution in [0, 0.1) is 11.3 Å². The lowest BCUT2D eigenvalue weighted by Crippen LogP contribution is -2.23. The molecule has 0 fully saturated rings. The zero-order valence-electron chi connectivity index (χ0n) is 17.2. The number of hydrogen-bond acceptors (Lipinski definition) is 6. The molecule has 4 rings (SSSR count). The Morgan fingerprint density at radius 1 is 1.06 bits per heavy atom. The summed E-state index contributed by atoms with van der Waals surface area (Å²) in [7, 11) is 0. The number of carbonyl (C=O) groups is 2. The van der Waals surface area contributed by atoms with Gasteiger partial charge in [-0.25, -0.2) is 4.79 Å². The van der Waals surface area contributed by atoms with E-state index in [1.807, 2.05) is 12.1 Å². The van der Waals surface area contributed by atoms with Gasteiger partial charge in [0.2, 0.25) is 6.79 Å². The fourth-order valence-corrected chi connectivity index (χ4v) is 3.19. The molecule has 0 aromatic heterocycles. The fourth-order valence-electron chi connectivity index (χ4n) is 3.06. The number of amides is 1. The minimum Gasteiger partial charge on any atom is -0.454 e. The minimum atomic E-state index is -0.547. The first-order valence-corrected chi connectivity index (χ1v) is 10.3. The number of halogens is 1. The molecule has 0 bridgehead atoms. The molecule has 33 heavy (non-hydrogen) atoms. The van der Waals surface area contributed by atoms with Crippen LogP contribution < -0.4 is 19.5 Å². The number of nitrogens with zero attached hydrogens (tertiary/aromatic N) is 1. The van der Waals surface area contributed by atoms with Crippen molar-refractivity contribution in [3.8, 4) is 23.3 Å². The molecule has 3 aromatic carbocycles. The van der Waals surface area contributed by atoms with E-state index in [1.165, 1.54) is 6.08 Å². The summed E-state index contributed by atoms with van der Waals surface area (Å²) >= 11 is 5.84. The van der Waals surface area contributed by atoms with Gasteiger partial charge in [-0.05, 0) is 65.7 Å². The molecular formula is C25H17ClN2O5. The number of esters is 1. The second-order valence-electron chi connectivity index (χ2n) is 7.01. The lowest BCUT2D eigenvalue weighted by molar-refractivity contribution is -0.117. The zero-order valence-corrected chi connectivity index (χ0v) is 18.0. The zero-order chi connectivity index (χ0) is 23.2. The van der Waals surface area contributed by atoms with Crippen LogP contribution in [0.5, 0.6) is 17.2 Å². The molecule has 0 spiro atoms. The molecule has 0 atom stereocenters. The van der Waals surface area contributed by atoms with Crippen molar-refractivity contribution in [2.24, 2.45) is 0 Å². The molecule has 1 amide bonds. The predicted molar refractivity (Wildman–Crippen MR) is 121 cm³/mol. The third-order valence-corrected chi connectivity index (χ3v) is 4.97. The maximum atomic E-state index is 12.5. The minimum absolute atomic E-state index is 0.0862. The van der Waals surface area contributed by atoms with Crippen molar-refractivity contribution in [2.75, 3.05) is 6.79 Å². The standard InChI is InChI=1S/C25H17ClN2O5/c26-20-7-5-18(6-8-20)25(30)33-21-3-1-2-16(11-21)10-19(13-27)24(29)28-14-17-4-9-22-23(12-17)32-15-31-22/h1-12H,14-15H2,(H,28,29)/b19-10+. The van der Waals surface area contributed by atoms with Gasteiger partial charge in [0.1, 0.15) is 17.4 Å². The van der Waals surface area contributed by atoms with Crippen molar-refractivity contribution in [3.63, 3.8) is 0 Å². The lowest BCUT2D eigenvalue weighted by Gasteiger charge is -2.07. The molecule has 1 heterocycles. The van der Waals surface area contributed by atoms with E-state index in [0.29, 0.717) is 27.6 Å². The van der Waals surface area contributed by atoms with Gasteiger partial charge in [-0.2, -0.15) is 5.26 Å². The van der Waals surface area contributed by atoms with Gasteiger partial charge >= 0.3 is 5.97 Å². The highest BCUT2D eigenvalue weighted by molar-refractivity contribution is 6.30. The molecule has 8 heteroatoms. The average Bonchev–Trinajstić information content (AvgIpc) is 3.29. The summed E-state index contributed by atoms with van der Waals surface area (Å²) in [5, 5.41) is 12.7. The van der Waals surface area contributed by atoms with E-state index in [2.05, 4.69) is 5.32 Å². The summed E-state index contributed by atoms with van der Waals surface area (Å²) in [5.41, 5.74) is 1.60. The summed E-state index contributed by atoms with van der Waals surface area (Å²) in [6.07, 6.45) is 1.43. The SMILES string of the molecule is N#C/C(=C\c1cccc(OC(=O)c2ccc(Cl)cc2)c1)C(=O)NCc1ccc2c(c1)OCO2. The molecular weight excluding hydrogens is 444 g/mol. The number of rotatable bonds is 6. The summed E-state index contributed by atoms with van der Waals surface area (Å²) < 4.78 is 16.0. The van der Waals surface area contributed by atoms with Gasteiger partial charge in [-0.3, -0.25) is 4.79 Å². The van der Waals surface area contributed by atoms with Crippen molar-refractivity contribution in [3.05, 3.63) is 94.0 Å². The van der Waals surface area contributed by atoms with E-state index < -0.39 is 11.9 Å². The Morgan fingerprint density at radius 2 is 1.85 bits per heavy atom. The van der Waals surface area contributed by atoms with Crippen molar-refractivity contribution < 1.29 is 23.8 Å². The number of fused-ring (bicyclic) bond motifs is 1. The van der Waals surface area contributed by atoms with Gasteiger partial charge in [0.25, 0.3) is 5.91 Å². The Hall–Kier alpha value is -4.28. The van der Waals surface area contributed by atoms with Crippen LogP contribution in [-0.4, -0.2) is 18.7 Å². The topological polar surface area (TPSA) is 97.7 Å². The highest BCUT2D eigenvalue weighted by atomic mass is 35.5. The van der Waals surface area contributed by atoms with Gasteiger partial charge in [-0.1, -0.05) is 29.8 Å². The Labute approximate surface area is 194 Å². The number of nitriles is 1. The van der Waals surface area contributed by atoms with Crippen LogP contribution in [0.15, 0.2) is 72.3 Å². The van der Waals surface area contributed by atoms with E-state index in [4.69, 9.17) is 25.8 Å². The van der Waals surface area contributed by atoms with E-state index in [0.717, 1.165) is 5.56 Å². The van der Waals surface area contributed by atoms with Crippen LogP contribution in [0.25, 0.3) is 6.08 Å². The number of hydrogen-bond donors (Lipinski definition) is 1. The van der Waals surface area contributed by atoms with E-state index >= 15 is 0 Å². The van der Waals surface area contributed by atoms with Crippen LogP contribution in [0.2, 0.25) is 5.02 Å². The number of ether oxygens (including phenoxy) is 3. The average molecular weight is 461 g/mol. The van der Waals surface area contributed by atoms with Gasteiger partial charge < -0.3 is 19.5 Å². The maximum absolute atomic E-state index is 12.5. The largest absolute Gasteiger partial charge is 0.454 e. The smallest absolute Gasteiger partial charge is 0.343 e. The van der Waals surface area contributed by atoms with Gasteiger partial charge in [-0.15, -0.1) is 0 Å². The Balaban J connectivity index is 1.42. The molecule has 1 N–H and O–H groups in total. The summed E-state index contributed by atoms with van der Waals surface area (Å²) in [5.74, 6) is 0.470. The van der Waals surface area contributed by atoms with Gasteiger partial charge in [0.05, 0.1) is 5.56 Å². The molecule has 0 saturated heterocycles. The molecule has 3 aromatic rings.